The maximum atomic E-state index is 11.5. The maximum Gasteiger partial charge on any atom is 0.302 e. The van der Waals surface area contributed by atoms with Crippen LogP contribution in [-0.2, 0) is 9.53 Å². The van der Waals surface area contributed by atoms with E-state index in [0.717, 1.165) is 41.9 Å². The van der Waals surface area contributed by atoms with Crippen molar-refractivity contribution >= 4 is 23.4 Å². The van der Waals surface area contributed by atoms with Crippen molar-refractivity contribution in [2.75, 3.05) is 20.0 Å². The van der Waals surface area contributed by atoms with Gasteiger partial charge in [0.1, 0.15) is 6.10 Å². The van der Waals surface area contributed by atoms with Crippen molar-refractivity contribution in [3.05, 3.63) is 53.1 Å². The molecule has 31 heavy (non-hydrogen) atoms. The smallest absolute Gasteiger partial charge is 0.302 e. The molecule has 3 atom stereocenters. The van der Waals surface area contributed by atoms with Gasteiger partial charge >= 0.3 is 5.97 Å². The van der Waals surface area contributed by atoms with Crippen LogP contribution in [0.2, 0.25) is 0 Å². The summed E-state index contributed by atoms with van der Waals surface area (Å²) in [6.07, 6.45) is 4.52. The summed E-state index contributed by atoms with van der Waals surface area (Å²) in [7, 11) is 1.66. The predicted molar refractivity (Wildman–Crippen MR) is 124 cm³/mol. The number of fused-ring (bicyclic) bond motifs is 3. The first-order valence-corrected chi connectivity index (χ1v) is 12.0. The molecule has 1 saturated carbocycles. The van der Waals surface area contributed by atoms with E-state index in [9.17, 15) is 4.79 Å². The Hall–Kier alpha value is -2.47. The fourth-order valence-corrected chi connectivity index (χ4v) is 5.08. The highest BCUT2D eigenvalue weighted by atomic mass is 32.2. The van der Waals surface area contributed by atoms with Gasteiger partial charge in [0, 0.05) is 28.9 Å². The summed E-state index contributed by atoms with van der Waals surface area (Å²) in [5.41, 5.74) is 4.37. The third kappa shape index (κ3) is 4.45. The van der Waals surface area contributed by atoms with Crippen LogP contribution in [-0.4, -0.2) is 43.8 Å². The monoisotopic (exact) mass is 439 g/mol. The zero-order valence-corrected chi connectivity index (χ0v) is 19.3. The van der Waals surface area contributed by atoms with E-state index in [2.05, 4.69) is 36.6 Å². The molecule has 0 bridgehead atoms. The molecule has 0 amide bonds. The first-order valence-electron chi connectivity index (χ1n) is 10.8. The second-order valence-electron chi connectivity index (χ2n) is 7.95. The number of nitrogens with zero attached hydrogens (tertiary/aromatic N) is 1. The summed E-state index contributed by atoms with van der Waals surface area (Å²) in [5, 5.41) is 0. The maximum absolute atomic E-state index is 11.5. The van der Waals surface area contributed by atoms with Crippen LogP contribution >= 0.6 is 11.8 Å². The molecular formula is C25H29NO4S. The van der Waals surface area contributed by atoms with Gasteiger partial charge in [-0.05, 0) is 62.3 Å². The van der Waals surface area contributed by atoms with Crippen molar-refractivity contribution in [2.24, 2.45) is 4.99 Å². The van der Waals surface area contributed by atoms with E-state index in [1.165, 1.54) is 17.4 Å². The zero-order valence-electron chi connectivity index (χ0n) is 18.5. The standard InChI is InChI=1S/C25H29NO4S/c1-5-29-24-13-19-20-12-17(30-15(2)27)8-11-22(20)26-25(21(19)14-23(24)28-3)16-6-9-18(31-4)10-7-16/h6-7,9-10,13-14,17,20,22H,5,8,11-12H2,1-4H3. The number of esters is 1. The van der Waals surface area contributed by atoms with Crippen LogP contribution in [0, 0.1) is 0 Å². The molecule has 6 heteroatoms. The molecular weight excluding hydrogens is 410 g/mol. The Labute approximate surface area is 188 Å². The number of aliphatic imine (C=N–C) groups is 1. The number of methoxy groups -OCH3 is 1. The minimum Gasteiger partial charge on any atom is -0.493 e. The van der Waals surface area contributed by atoms with Gasteiger partial charge in [-0.25, -0.2) is 0 Å². The van der Waals surface area contributed by atoms with E-state index in [4.69, 9.17) is 19.2 Å². The van der Waals surface area contributed by atoms with Gasteiger partial charge in [0.25, 0.3) is 0 Å². The highest BCUT2D eigenvalue weighted by Gasteiger charge is 2.38. The van der Waals surface area contributed by atoms with E-state index in [1.54, 1.807) is 18.9 Å². The van der Waals surface area contributed by atoms with Gasteiger partial charge in [0.2, 0.25) is 0 Å². The zero-order chi connectivity index (χ0) is 22.0. The van der Waals surface area contributed by atoms with Crippen LogP contribution in [0.25, 0.3) is 0 Å². The van der Waals surface area contributed by atoms with Gasteiger partial charge < -0.3 is 14.2 Å². The molecule has 3 unspecified atom stereocenters. The van der Waals surface area contributed by atoms with Gasteiger partial charge in [0.05, 0.1) is 25.5 Å². The minimum atomic E-state index is -0.220. The number of hydrogen-bond acceptors (Lipinski definition) is 6. The van der Waals surface area contributed by atoms with Crippen LogP contribution in [0.5, 0.6) is 11.5 Å². The third-order valence-electron chi connectivity index (χ3n) is 6.05. The molecule has 1 aliphatic carbocycles. The summed E-state index contributed by atoms with van der Waals surface area (Å²) in [6.45, 7) is 4.02. The molecule has 5 nitrogen and oxygen atoms in total. The molecule has 1 heterocycles. The quantitative estimate of drug-likeness (QED) is 0.455. The number of ether oxygens (including phenoxy) is 3. The topological polar surface area (TPSA) is 57.1 Å². The van der Waals surface area contributed by atoms with Crippen LogP contribution in [0.4, 0.5) is 0 Å². The summed E-state index contributed by atoms with van der Waals surface area (Å²) in [6, 6.07) is 12.9. The Balaban J connectivity index is 1.80. The first-order chi connectivity index (χ1) is 15.0. The van der Waals surface area contributed by atoms with Crippen LogP contribution in [0.15, 0.2) is 46.3 Å². The van der Waals surface area contributed by atoms with E-state index in [1.807, 2.05) is 13.0 Å². The Morgan fingerprint density at radius 3 is 2.58 bits per heavy atom. The lowest BCUT2D eigenvalue weighted by atomic mass is 9.74. The number of carbonyl (C=O) groups is 1. The molecule has 0 saturated heterocycles. The Morgan fingerprint density at radius 1 is 1.16 bits per heavy atom. The lowest BCUT2D eigenvalue weighted by Gasteiger charge is -2.38. The molecule has 0 aromatic heterocycles. The Kier molecular flexibility index (Phi) is 6.56. The normalized spacial score (nSPS) is 22.1. The van der Waals surface area contributed by atoms with Crippen LogP contribution < -0.4 is 9.47 Å². The summed E-state index contributed by atoms with van der Waals surface area (Å²) >= 11 is 1.73. The second kappa shape index (κ2) is 9.35. The number of thioether (sulfide) groups is 1. The Morgan fingerprint density at radius 2 is 1.94 bits per heavy atom. The number of carbonyl (C=O) groups excluding carboxylic acids is 1. The average Bonchev–Trinajstić information content (AvgIpc) is 2.78. The summed E-state index contributed by atoms with van der Waals surface area (Å²) < 4.78 is 17.1. The predicted octanol–water partition coefficient (Wildman–Crippen LogP) is 5.23. The van der Waals surface area contributed by atoms with Gasteiger partial charge in [0.15, 0.2) is 11.5 Å². The van der Waals surface area contributed by atoms with E-state index < -0.39 is 0 Å². The van der Waals surface area contributed by atoms with Gasteiger partial charge in [-0.2, -0.15) is 0 Å². The molecule has 0 radical (unpaired) electrons. The van der Waals surface area contributed by atoms with Crippen LogP contribution in [0.1, 0.15) is 55.7 Å². The van der Waals surface area contributed by atoms with Gasteiger partial charge in [-0.1, -0.05) is 12.1 Å². The van der Waals surface area contributed by atoms with Crippen molar-refractivity contribution in [1.82, 2.24) is 0 Å². The van der Waals surface area contributed by atoms with Crippen molar-refractivity contribution in [2.45, 2.75) is 56.1 Å². The van der Waals surface area contributed by atoms with Gasteiger partial charge in [-0.15, -0.1) is 11.8 Å². The van der Waals surface area contributed by atoms with E-state index in [-0.39, 0.29) is 24.0 Å². The van der Waals surface area contributed by atoms with Crippen molar-refractivity contribution in [3.8, 4) is 11.5 Å². The SMILES string of the molecule is CCOc1cc2c(cc1OC)C(c1ccc(SC)cc1)=NC1CCC(OC(C)=O)CC21. The lowest BCUT2D eigenvalue weighted by molar-refractivity contribution is -0.148. The molecule has 1 fully saturated rings. The molecule has 2 aliphatic rings. The van der Waals surface area contributed by atoms with Crippen LogP contribution in [0.3, 0.4) is 0 Å². The second-order valence-corrected chi connectivity index (χ2v) is 8.83. The number of hydrogen-bond donors (Lipinski definition) is 0. The van der Waals surface area contributed by atoms with E-state index in [0.29, 0.717) is 12.4 Å². The fourth-order valence-electron chi connectivity index (χ4n) is 4.68. The Bertz CT molecular complexity index is 986. The largest absolute Gasteiger partial charge is 0.493 e. The molecule has 1 aliphatic heterocycles. The highest BCUT2D eigenvalue weighted by Crippen LogP contribution is 2.45. The average molecular weight is 440 g/mol. The van der Waals surface area contributed by atoms with Crippen molar-refractivity contribution in [3.63, 3.8) is 0 Å². The molecule has 2 aromatic rings. The highest BCUT2D eigenvalue weighted by molar-refractivity contribution is 7.98. The minimum absolute atomic E-state index is 0.0677. The fraction of sp³-hybridized carbons (Fsp3) is 0.440. The van der Waals surface area contributed by atoms with Gasteiger partial charge in [-0.3, -0.25) is 9.79 Å². The summed E-state index contributed by atoms with van der Waals surface area (Å²) in [4.78, 5) is 18.0. The third-order valence-corrected chi connectivity index (χ3v) is 6.79. The van der Waals surface area contributed by atoms with E-state index >= 15 is 0 Å². The lowest BCUT2D eigenvalue weighted by Crippen LogP contribution is -2.36. The molecule has 0 N–H and O–H groups in total. The first kappa shape index (κ1) is 21.8. The number of benzene rings is 2. The molecule has 164 valence electrons. The number of rotatable bonds is 6. The summed E-state index contributed by atoms with van der Waals surface area (Å²) in [5.74, 6) is 1.42. The molecule has 2 aromatic carbocycles. The van der Waals surface area contributed by atoms with Crippen molar-refractivity contribution in [1.29, 1.82) is 0 Å². The molecule has 4 rings (SSSR count). The van der Waals surface area contributed by atoms with Crippen molar-refractivity contribution < 1.29 is 19.0 Å². The molecule has 0 spiro atoms.